The van der Waals surface area contributed by atoms with Crippen molar-refractivity contribution in [2.75, 3.05) is 13.1 Å². The molecule has 1 unspecified atom stereocenters. The molecule has 0 fully saturated rings. The smallest absolute Gasteiger partial charge is 0.133 e. The van der Waals surface area contributed by atoms with Crippen LogP contribution in [0.25, 0.3) is 0 Å². The summed E-state index contributed by atoms with van der Waals surface area (Å²) in [5.41, 5.74) is 9.94. The van der Waals surface area contributed by atoms with E-state index >= 15 is 0 Å². The second-order valence-corrected chi connectivity index (χ2v) is 3.09. The molecule has 0 radical (unpaired) electrons. The summed E-state index contributed by atoms with van der Waals surface area (Å²) >= 11 is 0. The SMILES string of the molecule is CC(=O)C(C)C(C=O)(CN)CN. The van der Waals surface area contributed by atoms with Crippen molar-refractivity contribution in [1.29, 1.82) is 0 Å². The molecular formula is C8H16N2O2. The van der Waals surface area contributed by atoms with Gasteiger partial charge in [0, 0.05) is 19.0 Å². The Balaban J connectivity index is 4.69. The van der Waals surface area contributed by atoms with Crippen LogP contribution >= 0.6 is 0 Å². The van der Waals surface area contributed by atoms with Crippen LogP contribution < -0.4 is 11.5 Å². The number of aldehydes is 1. The van der Waals surface area contributed by atoms with Gasteiger partial charge in [-0.15, -0.1) is 0 Å². The molecule has 4 nitrogen and oxygen atoms in total. The van der Waals surface area contributed by atoms with E-state index in [9.17, 15) is 9.59 Å². The summed E-state index contributed by atoms with van der Waals surface area (Å²) in [4.78, 5) is 21.7. The number of hydrogen-bond acceptors (Lipinski definition) is 4. The van der Waals surface area contributed by atoms with E-state index < -0.39 is 11.3 Å². The van der Waals surface area contributed by atoms with E-state index in [1.54, 1.807) is 6.92 Å². The average molecular weight is 172 g/mol. The highest BCUT2D eigenvalue weighted by Gasteiger charge is 2.35. The zero-order valence-corrected chi connectivity index (χ0v) is 7.54. The molecule has 12 heavy (non-hydrogen) atoms. The largest absolute Gasteiger partial charge is 0.329 e. The third-order valence-electron chi connectivity index (χ3n) is 2.47. The van der Waals surface area contributed by atoms with Gasteiger partial charge in [-0.1, -0.05) is 6.92 Å². The van der Waals surface area contributed by atoms with Crippen molar-refractivity contribution in [3.63, 3.8) is 0 Å². The second-order valence-electron chi connectivity index (χ2n) is 3.09. The van der Waals surface area contributed by atoms with E-state index in [0.717, 1.165) is 0 Å². The van der Waals surface area contributed by atoms with E-state index in [-0.39, 0.29) is 18.9 Å². The Morgan fingerprint density at radius 3 is 2.00 bits per heavy atom. The Morgan fingerprint density at radius 2 is 1.92 bits per heavy atom. The van der Waals surface area contributed by atoms with Crippen LogP contribution in [0.4, 0.5) is 0 Å². The lowest BCUT2D eigenvalue weighted by Crippen LogP contribution is -2.47. The highest BCUT2D eigenvalue weighted by Crippen LogP contribution is 2.23. The topological polar surface area (TPSA) is 86.2 Å². The van der Waals surface area contributed by atoms with Gasteiger partial charge in [0.2, 0.25) is 0 Å². The monoisotopic (exact) mass is 172 g/mol. The van der Waals surface area contributed by atoms with Crippen LogP contribution in [0, 0.1) is 11.3 Å². The van der Waals surface area contributed by atoms with Gasteiger partial charge in [-0.2, -0.15) is 0 Å². The van der Waals surface area contributed by atoms with Gasteiger partial charge in [-0.25, -0.2) is 0 Å². The first-order valence-corrected chi connectivity index (χ1v) is 3.91. The maximum atomic E-state index is 11.0. The molecule has 0 aliphatic carbocycles. The molecule has 0 saturated heterocycles. The predicted molar refractivity (Wildman–Crippen MR) is 46.5 cm³/mol. The van der Waals surface area contributed by atoms with Gasteiger partial charge in [0.05, 0.1) is 5.41 Å². The van der Waals surface area contributed by atoms with Crippen molar-refractivity contribution >= 4 is 12.1 Å². The fourth-order valence-corrected chi connectivity index (χ4v) is 1.04. The zero-order chi connectivity index (χ0) is 9.78. The molecule has 0 aromatic rings. The molecule has 4 heteroatoms. The number of ketones is 1. The number of carbonyl (C=O) groups excluding carboxylic acids is 2. The van der Waals surface area contributed by atoms with Gasteiger partial charge < -0.3 is 16.3 Å². The Morgan fingerprint density at radius 1 is 1.50 bits per heavy atom. The molecule has 0 saturated carbocycles. The standard InChI is InChI=1S/C8H16N2O2/c1-6(7(2)12)8(3-9,4-10)5-11/h5-6H,3-4,9-10H2,1-2H3. The lowest BCUT2D eigenvalue weighted by molar-refractivity contribution is -0.129. The fourth-order valence-electron chi connectivity index (χ4n) is 1.04. The lowest BCUT2D eigenvalue weighted by atomic mass is 9.76. The summed E-state index contributed by atoms with van der Waals surface area (Å²) in [5.74, 6) is -0.456. The summed E-state index contributed by atoms with van der Waals surface area (Å²) < 4.78 is 0. The average Bonchev–Trinajstić information content (AvgIpc) is 2.08. The summed E-state index contributed by atoms with van der Waals surface area (Å²) in [5, 5.41) is 0. The molecule has 0 aliphatic heterocycles. The first kappa shape index (κ1) is 11.3. The van der Waals surface area contributed by atoms with Crippen LogP contribution in [0.3, 0.4) is 0 Å². The van der Waals surface area contributed by atoms with Crippen molar-refractivity contribution in [2.24, 2.45) is 22.8 Å². The van der Waals surface area contributed by atoms with E-state index in [1.807, 2.05) is 0 Å². The summed E-state index contributed by atoms with van der Waals surface area (Å²) in [6, 6.07) is 0. The van der Waals surface area contributed by atoms with Gasteiger partial charge in [-0.05, 0) is 6.92 Å². The van der Waals surface area contributed by atoms with Crippen molar-refractivity contribution in [3.8, 4) is 0 Å². The molecule has 0 amide bonds. The van der Waals surface area contributed by atoms with Gasteiger partial charge in [-0.3, -0.25) is 4.79 Å². The van der Waals surface area contributed by atoms with Gasteiger partial charge in [0.15, 0.2) is 0 Å². The molecule has 4 N–H and O–H groups in total. The van der Waals surface area contributed by atoms with Gasteiger partial charge in [0.1, 0.15) is 12.1 Å². The molecule has 0 aromatic heterocycles. The van der Waals surface area contributed by atoms with E-state index in [1.165, 1.54) is 6.92 Å². The van der Waals surface area contributed by atoms with E-state index in [0.29, 0.717) is 6.29 Å². The van der Waals surface area contributed by atoms with Crippen LogP contribution in [-0.2, 0) is 9.59 Å². The van der Waals surface area contributed by atoms with Crippen molar-refractivity contribution < 1.29 is 9.59 Å². The minimum atomic E-state index is -0.869. The normalized spacial score (nSPS) is 14.0. The lowest BCUT2D eigenvalue weighted by Gasteiger charge is -2.29. The molecule has 0 heterocycles. The van der Waals surface area contributed by atoms with Crippen LogP contribution in [0.15, 0.2) is 0 Å². The number of carbonyl (C=O) groups is 2. The molecular weight excluding hydrogens is 156 g/mol. The van der Waals surface area contributed by atoms with Crippen molar-refractivity contribution in [2.45, 2.75) is 13.8 Å². The quantitative estimate of drug-likeness (QED) is 0.538. The van der Waals surface area contributed by atoms with Gasteiger partial charge >= 0.3 is 0 Å². The maximum absolute atomic E-state index is 11.0. The number of hydrogen-bond donors (Lipinski definition) is 2. The summed E-state index contributed by atoms with van der Waals surface area (Å²) in [6.07, 6.45) is 0.694. The molecule has 0 spiro atoms. The zero-order valence-electron chi connectivity index (χ0n) is 7.54. The second kappa shape index (κ2) is 4.33. The number of Topliss-reactive ketones (excluding diaryl/α,β-unsaturated/α-hetero) is 1. The number of nitrogens with two attached hydrogens (primary N) is 2. The Labute approximate surface area is 72.3 Å². The molecule has 0 aromatic carbocycles. The molecule has 0 rings (SSSR count). The minimum absolute atomic E-state index is 0.0574. The summed E-state index contributed by atoms with van der Waals surface area (Å²) in [7, 11) is 0. The van der Waals surface area contributed by atoms with Crippen LogP contribution in [-0.4, -0.2) is 25.2 Å². The molecule has 0 aliphatic rings. The minimum Gasteiger partial charge on any atom is -0.329 e. The molecule has 0 bridgehead atoms. The highest BCUT2D eigenvalue weighted by atomic mass is 16.1. The van der Waals surface area contributed by atoms with Crippen molar-refractivity contribution in [3.05, 3.63) is 0 Å². The Hall–Kier alpha value is -0.740. The van der Waals surface area contributed by atoms with E-state index in [2.05, 4.69) is 0 Å². The van der Waals surface area contributed by atoms with E-state index in [4.69, 9.17) is 11.5 Å². The third kappa shape index (κ3) is 1.89. The van der Waals surface area contributed by atoms with Crippen LogP contribution in [0.2, 0.25) is 0 Å². The fraction of sp³-hybridized carbons (Fsp3) is 0.750. The van der Waals surface area contributed by atoms with Crippen LogP contribution in [0.5, 0.6) is 0 Å². The van der Waals surface area contributed by atoms with Crippen molar-refractivity contribution in [1.82, 2.24) is 0 Å². The maximum Gasteiger partial charge on any atom is 0.133 e. The molecule has 1 atom stereocenters. The molecule has 70 valence electrons. The van der Waals surface area contributed by atoms with Gasteiger partial charge in [0.25, 0.3) is 0 Å². The Kier molecular flexibility index (Phi) is 4.06. The van der Waals surface area contributed by atoms with Crippen LogP contribution in [0.1, 0.15) is 13.8 Å². The first-order chi connectivity index (χ1) is 5.54. The summed E-state index contributed by atoms with van der Waals surface area (Å²) in [6.45, 7) is 3.35. The third-order valence-corrected chi connectivity index (χ3v) is 2.47. The first-order valence-electron chi connectivity index (χ1n) is 3.91. The number of rotatable bonds is 5. The Bertz CT molecular complexity index is 176. The highest BCUT2D eigenvalue weighted by molar-refractivity contribution is 5.83. The predicted octanol–water partition coefficient (Wildman–Crippen LogP) is -0.686.